The molecule has 0 spiro atoms. The number of hydrogen-bond donors (Lipinski definition) is 1. The molecule has 0 aromatic carbocycles. The zero-order chi connectivity index (χ0) is 13.0. The molecule has 2 aliphatic carbocycles. The van der Waals surface area contributed by atoms with Crippen LogP contribution in [0.25, 0.3) is 0 Å². The fraction of sp³-hybridized carbons (Fsp3) is 1.00. The molecular weight excluding hydrogens is 218 g/mol. The zero-order valence-corrected chi connectivity index (χ0v) is 12.8. The van der Waals surface area contributed by atoms with Gasteiger partial charge in [-0.25, -0.2) is 0 Å². The maximum Gasteiger partial charge on any atom is 0.0118 e. The van der Waals surface area contributed by atoms with E-state index in [1.54, 1.807) is 0 Å². The highest BCUT2D eigenvalue weighted by atomic mass is 14.9. The van der Waals surface area contributed by atoms with Gasteiger partial charge in [-0.1, -0.05) is 46.5 Å². The van der Waals surface area contributed by atoms with Gasteiger partial charge in [0.15, 0.2) is 0 Å². The Morgan fingerprint density at radius 3 is 1.94 bits per heavy atom. The van der Waals surface area contributed by atoms with Crippen molar-refractivity contribution >= 4 is 0 Å². The lowest BCUT2D eigenvalue weighted by Crippen LogP contribution is -2.45. The number of hydrogen-bond acceptors (Lipinski definition) is 1. The molecule has 0 aliphatic heterocycles. The molecule has 2 aliphatic rings. The van der Waals surface area contributed by atoms with Gasteiger partial charge in [-0.05, 0) is 55.9 Å². The van der Waals surface area contributed by atoms with Gasteiger partial charge in [-0.15, -0.1) is 0 Å². The maximum atomic E-state index is 3.92. The van der Waals surface area contributed by atoms with Crippen LogP contribution in [0.2, 0.25) is 0 Å². The highest BCUT2D eigenvalue weighted by Gasteiger charge is 2.28. The normalized spacial score (nSPS) is 41.8. The first kappa shape index (κ1) is 14.4. The summed E-state index contributed by atoms with van der Waals surface area (Å²) >= 11 is 0. The minimum Gasteiger partial charge on any atom is -0.313 e. The van der Waals surface area contributed by atoms with Crippen molar-refractivity contribution in [1.82, 2.24) is 5.32 Å². The fourth-order valence-electron chi connectivity index (χ4n) is 4.23. The van der Waals surface area contributed by atoms with Crippen LogP contribution in [0.4, 0.5) is 0 Å². The highest BCUT2D eigenvalue weighted by Crippen LogP contribution is 2.32. The Labute approximate surface area is 114 Å². The van der Waals surface area contributed by atoms with E-state index in [0.717, 1.165) is 29.7 Å². The van der Waals surface area contributed by atoms with Crippen molar-refractivity contribution in [2.45, 2.75) is 78.2 Å². The van der Waals surface area contributed by atoms with Crippen molar-refractivity contribution in [1.29, 1.82) is 0 Å². The van der Waals surface area contributed by atoms with Crippen LogP contribution in [0.1, 0.15) is 72.1 Å². The van der Waals surface area contributed by atoms with E-state index in [1.807, 2.05) is 0 Å². The predicted octanol–water partition coefficient (Wildman–Crippen LogP) is 4.62. The summed E-state index contributed by atoms with van der Waals surface area (Å²) in [5, 5.41) is 3.92. The van der Waals surface area contributed by atoms with Crippen LogP contribution in [-0.4, -0.2) is 12.6 Å². The molecule has 0 amide bonds. The minimum absolute atomic E-state index is 0.794. The third-order valence-electron chi connectivity index (χ3n) is 5.73. The van der Waals surface area contributed by atoms with Gasteiger partial charge in [-0.2, -0.15) is 0 Å². The second kappa shape index (κ2) is 6.93. The van der Waals surface area contributed by atoms with Crippen molar-refractivity contribution in [3.8, 4) is 0 Å². The van der Waals surface area contributed by atoms with Crippen molar-refractivity contribution in [3.05, 3.63) is 0 Å². The topological polar surface area (TPSA) is 12.0 Å². The molecular formula is C17H33N. The van der Waals surface area contributed by atoms with Crippen LogP contribution in [0, 0.1) is 23.7 Å². The number of nitrogens with one attached hydrogen (secondary N) is 1. The molecule has 1 nitrogen and oxygen atoms in total. The molecule has 0 heterocycles. The van der Waals surface area contributed by atoms with E-state index in [2.05, 4.69) is 26.1 Å². The van der Waals surface area contributed by atoms with Gasteiger partial charge in [-0.3, -0.25) is 0 Å². The third-order valence-corrected chi connectivity index (χ3v) is 5.73. The quantitative estimate of drug-likeness (QED) is 0.769. The Hall–Kier alpha value is -0.0400. The highest BCUT2D eigenvalue weighted by molar-refractivity contribution is 4.84. The minimum atomic E-state index is 0.794. The Morgan fingerprint density at radius 1 is 0.833 bits per heavy atom. The van der Waals surface area contributed by atoms with E-state index in [9.17, 15) is 0 Å². The smallest absolute Gasteiger partial charge is 0.0118 e. The average molecular weight is 251 g/mol. The van der Waals surface area contributed by atoms with Gasteiger partial charge >= 0.3 is 0 Å². The first-order chi connectivity index (χ1) is 8.70. The van der Waals surface area contributed by atoms with E-state index < -0.39 is 0 Å². The molecule has 0 aromatic rings. The molecule has 0 aromatic heterocycles. The molecule has 18 heavy (non-hydrogen) atoms. The van der Waals surface area contributed by atoms with Crippen LogP contribution < -0.4 is 5.32 Å². The third kappa shape index (κ3) is 3.73. The van der Waals surface area contributed by atoms with Crippen molar-refractivity contribution in [3.63, 3.8) is 0 Å². The molecule has 2 fully saturated rings. The van der Waals surface area contributed by atoms with Gasteiger partial charge in [0.2, 0.25) is 0 Å². The predicted molar refractivity (Wildman–Crippen MR) is 79.7 cm³/mol. The first-order valence-corrected chi connectivity index (χ1v) is 8.44. The van der Waals surface area contributed by atoms with E-state index in [0.29, 0.717) is 0 Å². The molecule has 2 rings (SSSR count). The average Bonchev–Trinajstić information content (AvgIpc) is 2.39. The van der Waals surface area contributed by atoms with E-state index in [4.69, 9.17) is 0 Å². The molecule has 0 bridgehead atoms. The lowest BCUT2D eigenvalue weighted by molar-refractivity contribution is 0.186. The summed E-state index contributed by atoms with van der Waals surface area (Å²) in [6, 6.07) is 0.794. The van der Waals surface area contributed by atoms with Crippen LogP contribution in [0.15, 0.2) is 0 Å². The summed E-state index contributed by atoms with van der Waals surface area (Å²) in [7, 11) is 0. The molecule has 2 saturated carbocycles. The van der Waals surface area contributed by atoms with Gasteiger partial charge < -0.3 is 5.32 Å². The second-order valence-electron chi connectivity index (χ2n) is 7.11. The SMILES string of the molecule is CCC1CCC(CNC2C(C)CCCC2C)CC1. The summed E-state index contributed by atoms with van der Waals surface area (Å²) < 4.78 is 0. The lowest BCUT2D eigenvalue weighted by atomic mass is 9.77. The Kier molecular flexibility index (Phi) is 5.54. The summed E-state index contributed by atoms with van der Waals surface area (Å²) in [5.74, 6) is 3.78. The molecule has 1 heteroatoms. The number of rotatable bonds is 4. The summed E-state index contributed by atoms with van der Waals surface area (Å²) in [6.07, 6.45) is 11.6. The van der Waals surface area contributed by atoms with Gasteiger partial charge in [0.05, 0.1) is 0 Å². The Morgan fingerprint density at radius 2 is 1.39 bits per heavy atom. The zero-order valence-electron chi connectivity index (χ0n) is 12.8. The second-order valence-corrected chi connectivity index (χ2v) is 7.11. The summed E-state index contributed by atoms with van der Waals surface area (Å²) in [4.78, 5) is 0. The monoisotopic (exact) mass is 251 g/mol. The van der Waals surface area contributed by atoms with E-state index in [-0.39, 0.29) is 0 Å². The Balaban J connectivity index is 1.71. The van der Waals surface area contributed by atoms with Crippen LogP contribution in [0.5, 0.6) is 0 Å². The molecule has 106 valence electrons. The molecule has 0 saturated heterocycles. The van der Waals surface area contributed by atoms with Crippen molar-refractivity contribution in [2.75, 3.05) is 6.54 Å². The van der Waals surface area contributed by atoms with Crippen LogP contribution in [0.3, 0.4) is 0 Å². The van der Waals surface area contributed by atoms with E-state index in [1.165, 1.54) is 57.9 Å². The van der Waals surface area contributed by atoms with Gasteiger partial charge in [0, 0.05) is 6.04 Å². The lowest BCUT2D eigenvalue weighted by Gasteiger charge is -2.37. The van der Waals surface area contributed by atoms with Crippen LogP contribution >= 0.6 is 0 Å². The molecule has 2 unspecified atom stereocenters. The van der Waals surface area contributed by atoms with Crippen molar-refractivity contribution in [2.24, 2.45) is 23.7 Å². The largest absolute Gasteiger partial charge is 0.313 e. The molecule has 1 N–H and O–H groups in total. The van der Waals surface area contributed by atoms with E-state index >= 15 is 0 Å². The summed E-state index contributed by atoms with van der Waals surface area (Å²) in [6.45, 7) is 8.53. The molecule has 2 atom stereocenters. The summed E-state index contributed by atoms with van der Waals surface area (Å²) in [5.41, 5.74) is 0. The van der Waals surface area contributed by atoms with Crippen molar-refractivity contribution < 1.29 is 0 Å². The maximum absolute atomic E-state index is 3.92. The molecule has 0 radical (unpaired) electrons. The first-order valence-electron chi connectivity index (χ1n) is 8.44. The Bertz CT molecular complexity index is 220. The van der Waals surface area contributed by atoms with Gasteiger partial charge in [0.1, 0.15) is 0 Å². The van der Waals surface area contributed by atoms with Gasteiger partial charge in [0.25, 0.3) is 0 Å². The standard InChI is InChI=1S/C17H33N/c1-4-15-8-10-16(11-9-15)12-18-17-13(2)6-5-7-14(17)3/h13-18H,4-12H2,1-3H3. The van der Waals surface area contributed by atoms with Crippen LogP contribution in [-0.2, 0) is 0 Å². The fourth-order valence-corrected chi connectivity index (χ4v) is 4.23.